The highest BCUT2D eigenvalue weighted by Crippen LogP contribution is 2.29. The number of rotatable bonds is 6. The molecule has 0 aliphatic carbocycles. The number of piperidine rings is 1. The summed E-state index contributed by atoms with van der Waals surface area (Å²) in [5.41, 5.74) is 0. The molecule has 0 N–H and O–H groups in total. The molecule has 0 saturated carbocycles. The summed E-state index contributed by atoms with van der Waals surface area (Å²) in [5.74, 6) is 1.08. The van der Waals surface area contributed by atoms with E-state index in [0.717, 1.165) is 0 Å². The molecule has 2 heterocycles. The van der Waals surface area contributed by atoms with Crippen LogP contribution in [0, 0.1) is 5.82 Å². The van der Waals surface area contributed by atoms with Crippen molar-refractivity contribution >= 4 is 10.0 Å². The fraction of sp³-hybridized carbons (Fsp3) is 0.300. The molecule has 29 heavy (non-hydrogen) atoms. The summed E-state index contributed by atoms with van der Waals surface area (Å²) in [7, 11) is -3.48. The molecule has 0 amide bonds. The number of sulfonamides is 1. The predicted octanol–water partition coefficient (Wildman–Crippen LogP) is 3.36. The monoisotopic (exact) mass is 417 g/mol. The lowest BCUT2D eigenvalue weighted by molar-refractivity contribution is 0.241. The van der Waals surface area contributed by atoms with Crippen molar-refractivity contribution in [1.82, 2.24) is 14.4 Å². The van der Waals surface area contributed by atoms with Crippen molar-refractivity contribution in [3.63, 3.8) is 0 Å². The molecule has 3 aromatic rings. The molecule has 1 saturated heterocycles. The summed E-state index contributed by atoms with van der Waals surface area (Å²) in [6, 6.07) is 14.1. The van der Waals surface area contributed by atoms with Gasteiger partial charge in [0.1, 0.15) is 11.6 Å². The van der Waals surface area contributed by atoms with E-state index in [2.05, 4.69) is 10.1 Å². The van der Waals surface area contributed by atoms with Crippen molar-refractivity contribution < 1.29 is 22.1 Å². The van der Waals surface area contributed by atoms with E-state index in [1.807, 2.05) is 0 Å². The van der Waals surface area contributed by atoms with Gasteiger partial charge in [-0.15, -0.1) is 0 Å². The van der Waals surface area contributed by atoms with Crippen LogP contribution in [-0.4, -0.2) is 36.0 Å². The van der Waals surface area contributed by atoms with Crippen LogP contribution in [-0.2, 0) is 16.6 Å². The van der Waals surface area contributed by atoms with Gasteiger partial charge >= 0.3 is 0 Å². The minimum Gasteiger partial charge on any atom is -0.484 e. The van der Waals surface area contributed by atoms with Gasteiger partial charge in [-0.05, 0) is 49.2 Å². The van der Waals surface area contributed by atoms with E-state index in [4.69, 9.17) is 9.26 Å². The number of benzene rings is 2. The Labute approximate surface area is 168 Å². The quantitative estimate of drug-likeness (QED) is 0.611. The Bertz CT molecular complexity index is 1050. The first-order valence-corrected chi connectivity index (χ1v) is 10.7. The molecule has 9 heteroatoms. The Morgan fingerprint density at radius 2 is 1.76 bits per heavy atom. The van der Waals surface area contributed by atoms with Crippen LogP contribution in [0.15, 0.2) is 64.0 Å². The maximum Gasteiger partial charge on any atom is 0.264 e. The van der Waals surface area contributed by atoms with E-state index in [1.165, 1.54) is 28.6 Å². The van der Waals surface area contributed by atoms with Gasteiger partial charge < -0.3 is 9.26 Å². The van der Waals surface area contributed by atoms with Crippen molar-refractivity contribution in [2.75, 3.05) is 13.1 Å². The molecule has 1 aliphatic heterocycles. The summed E-state index contributed by atoms with van der Waals surface area (Å²) < 4.78 is 50.6. The molecular weight excluding hydrogens is 397 g/mol. The van der Waals surface area contributed by atoms with Gasteiger partial charge in [-0.25, -0.2) is 12.8 Å². The van der Waals surface area contributed by atoms with Gasteiger partial charge in [0.25, 0.3) is 5.89 Å². The molecule has 1 aromatic heterocycles. The third-order valence-electron chi connectivity index (χ3n) is 4.86. The third-order valence-corrected chi connectivity index (χ3v) is 6.77. The SMILES string of the molecule is O=S(=O)(c1ccccc1)N1CCC(c2noc(COc3ccc(F)cc3)n2)CC1. The number of hydrogen-bond donors (Lipinski definition) is 0. The maximum atomic E-state index is 12.9. The van der Waals surface area contributed by atoms with Crippen LogP contribution in [0.25, 0.3) is 0 Å². The molecule has 152 valence electrons. The van der Waals surface area contributed by atoms with E-state index in [-0.39, 0.29) is 18.3 Å². The molecule has 0 atom stereocenters. The molecule has 0 unspecified atom stereocenters. The van der Waals surface area contributed by atoms with Crippen LogP contribution >= 0.6 is 0 Å². The number of hydrogen-bond acceptors (Lipinski definition) is 6. The zero-order valence-electron chi connectivity index (χ0n) is 15.6. The standard InChI is InChI=1S/C20H20FN3O4S/c21-16-6-8-17(9-7-16)27-14-19-22-20(23-28-19)15-10-12-24(13-11-15)29(25,26)18-4-2-1-3-5-18/h1-9,15H,10-14H2. The maximum absolute atomic E-state index is 12.9. The lowest BCUT2D eigenvalue weighted by Crippen LogP contribution is -2.38. The van der Waals surface area contributed by atoms with E-state index >= 15 is 0 Å². The Morgan fingerprint density at radius 1 is 1.07 bits per heavy atom. The Morgan fingerprint density at radius 3 is 2.45 bits per heavy atom. The minimum absolute atomic E-state index is 0.0283. The van der Waals surface area contributed by atoms with Gasteiger partial charge in [-0.1, -0.05) is 23.4 Å². The number of aromatic nitrogens is 2. The van der Waals surface area contributed by atoms with Gasteiger partial charge in [0, 0.05) is 19.0 Å². The second kappa shape index (κ2) is 8.30. The minimum atomic E-state index is -3.48. The average molecular weight is 417 g/mol. The van der Waals surface area contributed by atoms with Crippen molar-refractivity contribution in [2.45, 2.75) is 30.3 Å². The first-order chi connectivity index (χ1) is 14.0. The molecule has 0 bridgehead atoms. The van der Waals surface area contributed by atoms with Gasteiger partial charge in [0.15, 0.2) is 12.4 Å². The fourth-order valence-electron chi connectivity index (χ4n) is 3.26. The van der Waals surface area contributed by atoms with Gasteiger partial charge in [0.05, 0.1) is 4.90 Å². The van der Waals surface area contributed by atoms with Crippen molar-refractivity contribution in [2.24, 2.45) is 0 Å². The fourth-order valence-corrected chi connectivity index (χ4v) is 4.76. The van der Waals surface area contributed by atoms with Crippen LogP contribution in [0.1, 0.15) is 30.5 Å². The molecular formula is C20H20FN3O4S. The third kappa shape index (κ3) is 4.46. The van der Waals surface area contributed by atoms with Gasteiger partial charge in [-0.2, -0.15) is 9.29 Å². The second-order valence-electron chi connectivity index (χ2n) is 6.78. The van der Waals surface area contributed by atoms with E-state index in [1.54, 1.807) is 30.3 Å². The second-order valence-corrected chi connectivity index (χ2v) is 8.72. The summed E-state index contributed by atoms with van der Waals surface area (Å²) >= 11 is 0. The molecule has 1 aliphatic rings. The molecule has 4 rings (SSSR count). The highest BCUT2D eigenvalue weighted by atomic mass is 32.2. The Kier molecular flexibility index (Phi) is 5.59. The Hall–Kier alpha value is -2.78. The van der Waals surface area contributed by atoms with Gasteiger partial charge in [-0.3, -0.25) is 0 Å². The largest absolute Gasteiger partial charge is 0.484 e. The first-order valence-electron chi connectivity index (χ1n) is 9.28. The van der Waals surface area contributed by atoms with Crippen molar-refractivity contribution in [3.05, 3.63) is 72.1 Å². The molecule has 7 nitrogen and oxygen atoms in total. The predicted molar refractivity (Wildman–Crippen MR) is 102 cm³/mol. The van der Waals surface area contributed by atoms with Crippen LogP contribution in [0.2, 0.25) is 0 Å². The van der Waals surface area contributed by atoms with Crippen LogP contribution in [0.5, 0.6) is 5.75 Å². The van der Waals surface area contributed by atoms with E-state index in [0.29, 0.717) is 48.3 Å². The Balaban J connectivity index is 1.34. The van der Waals surface area contributed by atoms with E-state index in [9.17, 15) is 12.8 Å². The zero-order valence-corrected chi connectivity index (χ0v) is 16.4. The summed E-state index contributed by atoms with van der Waals surface area (Å²) in [6.45, 7) is 0.884. The van der Waals surface area contributed by atoms with Crippen LogP contribution in [0.4, 0.5) is 4.39 Å². The van der Waals surface area contributed by atoms with Crippen molar-refractivity contribution in [3.8, 4) is 5.75 Å². The summed E-state index contributed by atoms with van der Waals surface area (Å²) in [5, 5.41) is 4.02. The number of ether oxygens (including phenoxy) is 1. The highest BCUT2D eigenvalue weighted by Gasteiger charge is 2.31. The zero-order chi connectivity index (χ0) is 20.3. The van der Waals surface area contributed by atoms with E-state index < -0.39 is 10.0 Å². The summed E-state index contributed by atoms with van der Waals surface area (Å²) in [6.07, 6.45) is 1.23. The number of nitrogens with zero attached hydrogens (tertiary/aromatic N) is 3. The normalized spacial score (nSPS) is 16.0. The van der Waals surface area contributed by atoms with Crippen LogP contribution < -0.4 is 4.74 Å². The molecule has 2 aromatic carbocycles. The molecule has 1 fully saturated rings. The lowest BCUT2D eigenvalue weighted by atomic mass is 9.98. The topological polar surface area (TPSA) is 85.5 Å². The smallest absolute Gasteiger partial charge is 0.264 e. The van der Waals surface area contributed by atoms with Crippen LogP contribution in [0.3, 0.4) is 0 Å². The molecule has 0 radical (unpaired) electrons. The summed E-state index contributed by atoms with van der Waals surface area (Å²) in [4.78, 5) is 4.67. The van der Waals surface area contributed by atoms with Crippen molar-refractivity contribution in [1.29, 1.82) is 0 Å². The first kappa shape index (κ1) is 19.5. The van der Waals surface area contributed by atoms with Gasteiger partial charge in [0.2, 0.25) is 10.0 Å². The number of halogens is 1. The average Bonchev–Trinajstić information content (AvgIpc) is 3.23. The highest BCUT2D eigenvalue weighted by molar-refractivity contribution is 7.89. The molecule has 0 spiro atoms. The lowest BCUT2D eigenvalue weighted by Gasteiger charge is -2.29.